The molecular weight excluding hydrogens is 306 g/mol. The molecular formula is C15H15NO5S. The third-order valence-corrected chi connectivity index (χ3v) is 4.62. The van der Waals surface area contributed by atoms with Crippen LogP contribution in [0.5, 0.6) is 5.75 Å². The normalized spacial score (nSPS) is 9.91. The first-order valence-electron chi connectivity index (χ1n) is 6.14. The molecule has 0 aromatic heterocycles. The van der Waals surface area contributed by atoms with Crippen molar-refractivity contribution < 1.29 is 22.7 Å². The number of hydrogen-bond donors (Lipinski definition) is 0. The smallest absolute Gasteiger partial charge is 0.373 e. The molecule has 0 aliphatic heterocycles. The van der Waals surface area contributed by atoms with Crippen molar-refractivity contribution in [1.82, 2.24) is 0 Å². The van der Waals surface area contributed by atoms with Gasteiger partial charge in [-0.15, -0.1) is 0 Å². The molecule has 0 aliphatic rings. The Balaban J connectivity index is 0.000000745. The van der Waals surface area contributed by atoms with Gasteiger partial charge in [0.1, 0.15) is 5.75 Å². The lowest BCUT2D eigenvalue weighted by Crippen LogP contribution is -2.26. The summed E-state index contributed by atoms with van der Waals surface area (Å²) in [6.45, 7) is 0. The maximum atomic E-state index is 12.4. The minimum absolute atomic E-state index is 0.250. The summed E-state index contributed by atoms with van der Waals surface area (Å²) in [5.41, 5.74) is 0.559. The zero-order chi connectivity index (χ0) is 16.6. The first kappa shape index (κ1) is 17.4. The summed E-state index contributed by atoms with van der Waals surface area (Å²) in [6.07, 6.45) is 0.250. The Kier molecular flexibility index (Phi) is 6.31. The molecule has 0 fully saturated rings. The summed E-state index contributed by atoms with van der Waals surface area (Å²) >= 11 is 0. The number of methoxy groups -OCH3 is 1. The molecule has 0 unspecified atom stereocenters. The van der Waals surface area contributed by atoms with Crippen molar-refractivity contribution in [2.45, 2.75) is 4.90 Å². The van der Waals surface area contributed by atoms with Crippen molar-refractivity contribution >= 4 is 21.9 Å². The van der Waals surface area contributed by atoms with E-state index < -0.39 is 10.0 Å². The van der Waals surface area contributed by atoms with E-state index in [4.69, 9.17) is 14.3 Å². The average molecular weight is 321 g/mol. The van der Waals surface area contributed by atoms with Crippen LogP contribution in [0.25, 0.3) is 0 Å². The molecule has 2 rings (SSSR count). The van der Waals surface area contributed by atoms with Gasteiger partial charge in [-0.25, -0.2) is 8.42 Å². The summed E-state index contributed by atoms with van der Waals surface area (Å²) in [5, 5.41) is 0. The van der Waals surface area contributed by atoms with E-state index in [1.54, 1.807) is 61.7 Å². The molecule has 116 valence electrons. The first-order valence-corrected chi connectivity index (χ1v) is 7.58. The molecule has 2 aromatic carbocycles. The summed E-state index contributed by atoms with van der Waals surface area (Å²) in [7, 11) is -0.468. The van der Waals surface area contributed by atoms with E-state index in [0.29, 0.717) is 11.4 Å². The highest BCUT2D eigenvalue weighted by atomic mass is 32.2. The maximum absolute atomic E-state index is 12.4. The van der Waals surface area contributed by atoms with Gasteiger partial charge in [0, 0.05) is 13.1 Å². The third kappa shape index (κ3) is 4.18. The van der Waals surface area contributed by atoms with E-state index >= 15 is 0 Å². The number of hydrogen-bond acceptors (Lipinski definition) is 5. The van der Waals surface area contributed by atoms with E-state index in [1.165, 1.54) is 11.4 Å². The van der Waals surface area contributed by atoms with Gasteiger partial charge in [-0.3, -0.25) is 4.31 Å². The van der Waals surface area contributed by atoms with Gasteiger partial charge in [0.25, 0.3) is 10.0 Å². The van der Waals surface area contributed by atoms with E-state index in [0.717, 1.165) is 0 Å². The lowest BCUT2D eigenvalue weighted by atomic mass is 10.3. The Hall–Kier alpha value is -2.63. The van der Waals surface area contributed by atoms with Gasteiger partial charge in [0.2, 0.25) is 0 Å². The number of carbonyl (C=O) groups excluding carboxylic acids is 2. The van der Waals surface area contributed by atoms with Gasteiger partial charge in [-0.2, -0.15) is 9.59 Å². The quantitative estimate of drug-likeness (QED) is 0.859. The summed E-state index contributed by atoms with van der Waals surface area (Å²) in [4.78, 5) is 16.5. The van der Waals surface area contributed by atoms with Crippen molar-refractivity contribution in [3.8, 4) is 5.75 Å². The second-order valence-corrected chi connectivity index (χ2v) is 6.04. The van der Waals surface area contributed by atoms with E-state index in [-0.39, 0.29) is 11.0 Å². The molecule has 0 N–H and O–H groups in total. The van der Waals surface area contributed by atoms with Crippen LogP contribution in [0.1, 0.15) is 0 Å². The van der Waals surface area contributed by atoms with E-state index in [2.05, 4.69) is 0 Å². The molecule has 22 heavy (non-hydrogen) atoms. The summed E-state index contributed by atoms with van der Waals surface area (Å²) in [6, 6.07) is 15.3. The Bertz CT molecular complexity index is 738. The van der Waals surface area contributed by atoms with Gasteiger partial charge in [0.05, 0.1) is 17.7 Å². The molecule has 0 radical (unpaired) electrons. The first-order chi connectivity index (χ1) is 10.5. The van der Waals surface area contributed by atoms with Crippen LogP contribution in [0.15, 0.2) is 59.5 Å². The average Bonchev–Trinajstić information content (AvgIpc) is 2.55. The van der Waals surface area contributed by atoms with Crippen LogP contribution in [0.4, 0.5) is 5.69 Å². The fraction of sp³-hybridized carbons (Fsp3) is 0.133. The van der Waals surface area contributed by atoms with Crippen molar-refractivity contribution in [3.05, 3.63) is 54.6 Å². The fourth-order valence-corrected chi connectivity index (χ4v) is 2.90. The summed E-state index contributed by atoms with van der Waals surface area (Å²) < 4.78 is 31.2. The van der Waals surface area contributed by atoms with Crippen LogP contribution in [0.2, 0.25) is 0 Å². The highest BCUT2D eigenvalue weighted by Crippen LogP contribution is 2.25. The molecule has 0 aliphatic carbocycles. The number of sulfonamides is 1. The number of rotatable bonds is 4. The van der Waals surface area contributed by atoms with Gasteiger partial charge in [-0.1, -0.05) is 24.3 Å². The van der Waals surface area contributed by atoms with Gasteiger partial charge in [-0.05, 0) is 24.3 Å². The lowest BCUT2D eigenvalue weighted by Gasteiger charge is -2.19. The van der Waals surface area contributed by atoms with Crippen LogP contribution in [0.3, 0.4) is 0 Å². The second-order valence-electron chi connectivity index (χ2n) is 4.07. The lowest BCUT2D eigenvalue weighted by molar-refractivity contribution is -0.191. The van der Waals surface area contributed by atoms with E-state index in [1.807, 2.05) is 0 Å². The number of anilines is 1. The topological polar surface area (TPSA) is 80.8 Å². The molecule has 0 spiro atoms. The van der Waals surface area contributed by atoms with Crippen LogP contribution in [-0.2, 0) is 19.6 Å². The fourth-order valence-electron chi connectivity index (χ4n) is 1.70. The molecule has 7 heteroatoms. The monoisotopic (exact) mass is 321 g/mol. The molecule has 0 saturated heterocycles. The van der Waals surface area contributed by atoms with Crippen molar-refractivity contribution in [2.75, 3.05) is 18.5 Å². The Morgan fingerprint density at radius 2 is 1.59 bits per heavy atom. The van der Waals surface area contributed by atoms with Crippen molar-refractivity contribution in [1.29, 1.82) is 0 Å². The van der Waals surface area contributed by atoms with Crippen molar-refractivity contribution in [2.24, 2.45) is 0 Å². The SMILES string of the molecule is COc1cccc(N(C)S(=O)(=O)c2ccccc2)c1.O=C=O. The molecule has 0 heterocycles. The van der Waals surface area contributed by atoms with Gasteiger partial charge in [0.15, 0.2) is 0 Å². The zero-order valence-corrected chi connectivity index (χ0v) is 12.9. The Labute approximate surface area is 129 Å². The third-order valence-electron chi connectivity index (χ3n) is 2.82. The van der Waals surface area contributed by atoms with Crippen LogP contribution >= 0.6 is 0 Å². The van der Waals surface area contributed by atoms with Crippen LogP contribution < -0.4 is 9.04 Å². The molecule has 0 saturated carbocycles. The number of benzene rings is 2. The van der Waals surface area contributed by atoms with Gasteiger partial charge < -0.3 is 4.74 Å². The predicted molar refractivity (Wildman–Crippen MR) is 80.0 cm³/mol. The molecule has 0 amide bonds. The molecule has 2 aromatic rings. The summed E-state index contributed by atoms with van der Waals surface area (Å²) in [5.74, 6) is 0.618. The second kappa shape index (κ2) is 7.97. The molecule has 0 atom stereocenters. The minimum atomic E-state index is -3.54. The van der Waals surface area contributed by atoms with Crippen molar-refractivity contribution in [3.63, 3.8) is 0 Å². The van der Waals surface area contributed by atoms with Crippen LogP contribution in [-0.4, -0.2) is 28.7 Å². The highest BCUT2D eigenvalue weighted by Gasteiger charge is 2.20. The predicted octanol–water partition coefficient (Wildman–Crippen LogP) is 1.94. The maximum Gasteiger partial charge on any atom is 0.373 e. The Morgan fingerprint density at radius 1 is 1.00 bits per heavy atom. The number of ether oxygens (including phenoxy) is 1. The molecule has 6 nitrogen and oxygen atoms in total. The zero-order valence-electron chi connectivity index (χ0n) is 12.1. The number of nitrogens with zero attached hydrogens (tertiary/aromatic N) is 1. The van der Waals surface area contributed by atoms with E-state index in [9.17, 15) is 8.42 Å². The minimum Gasteiger partial charge on any atom is -0.497 e. The Morgan fingerprint density at radius 3 is 2.14 bits per heavy atom. The largest absolute Gasteiger partial charge is 0.497 e. The highest BCUT2D eigenvalue weighted by molar-refractivity contribution is 7.92. The standard InChI is InChI=1S/C14H15NO3S.CO2/c1-15(12-7-6-8-13(11-12)18-2)19(16,17)14-9-4-3-5-10-14;2-1-3/h3-11H,1-2H3;. The molecule has 0 bridgehead atoms. The van der Waals surface area contributed by atoms with Gasteiger partial charge >= 0.3 is 6.15 Å². The van der Waals surface area contributed by atoms with Crippen LogP contribution in [0, 0.1) is 0 Å².